The first-order valence-electron chi connectivity index (χ1n) is 7.13. The molecule has 1 N–H and O–H groups in total. The fourth-order valence-corrected chi connectivity index (χ4v) is 2.01. The van der Waals surface area contributed by atoms with Gasteiger partial charge in [0.05, 0.1) is 0 Å². The van der Waals surface area contributed by atoms with Gasteiger partial charge in [0, 0.05) is 6.07 Å². The summed E-state index contributed by atoms with van der Waals surface area (Å²) in [5.41, 5.74) is 0.614. The maximum absolute atomic E-state index is 13.4. The van der Waals surface area contributed by atoms with Crippen LogP contribution in [-0.4, -0.2) is 13.1 Å². The predicted molar refractivity (Wildman–Crippen MR) is 76.2 cm³/mol. The number of halogens is 2. The van der Waals surface area contributed by atoms with E-state index in [-0.39, 0.29) is 0 Å². The van der Waals surface area contributed by atoms with E-state index in [4.69, 9.17) is 0 Å². The summed E-state index contributed by atoms with van der Waals surface area (Å²) in [6.07, 6.45) is 2.71. The number of hydrogen-bond acceptors (Lipinski definition) is 1. The average Bonchev–Trinajstić information content (AvgIpc) is 2.33. The molecule has 19 heavy (non-hydrogen) atoms. The van der Waals surface area contributed by atoms with Crippen molar-refractivity contribution in [2.45, 2.75) is 40.0 Å². The highest BCUT2D eigenvalue weighted by Crippen LogP contribution is 2.16. The molecule has 0 bridgehead atoms. The Bertz CT molecular complexity index is 377. The van der Waals surface area contributed by atoms with Gasteiger partial charge in [-0.25, -0.2) is 8.78 Å². The van der Waals surface area contributed by atoms with E-state index in [0.29, 0.717) is 23.8 Å². The molecular formula is C16H25F2N. The lowest BCUT2D eigenvalue weighted by atomic mass is 9.98. The van der Waals surface area contributed by atoms with E-state index >= 15 is 0 Å². The summed E-state index contributed by atoms with van der Waals surface area (Å²) in [5, 5.41) is 3.41. The molecule has 0 heterocycles. The maximum Gasteiger partial charge on any atom is 0.129 e. The van der Waals surface area contributed by atoms with Crippen LogP contribution < -0.4 is 5.32 Å². The van der Waals surface area contributed by atoms with E-state index < -0.39 is 11.6 Å². The summed E-state index contributed by atoms with van der Waals surface area (Å²) >= 11 is 0. The number of hydrogen-bond donors (Lipinski definition) is 1. The average molecular weight is 269 g/mol. The summed E-state index contributed by atoms with van der Waals surface area (Å²) in [4.78, 5) is 0. The summed E-state index contributed by atoms with van der Waals surface area (Å²) in [7, 11) is 0. The van der Waals surface area contributed by atoms with Crippen molar-refractivity contribution in [1.82, 2.24) is 5.32 Å². The molecule has 1 aromatic carbocycles. The second-order valence-corrected chi connectivity index (χ2v) is 5.77. The van der Waals surface area contributed by atoms with Crippen molar-refractivity contribution in [1.29, 1.82) is 0 Å². The molecule has 1 unspecified atom stereocenters. The van der Waals surface area contributed by atoms with Gasteiger partial charge in [0.2, 0.25) is 0 Å². The smallest absolute Gasteiger partial charge is 0.129 e. The third-order valence-electron chi connectivity index (χ3n) is 3.29. The van der Waals surface area contributed by atoms with Crippen molar-refractivity contribution >= 4 is 0 Å². The molecule has 1 rings (SSSR count). The molecule has 0 amide bonds. The molecule has 0 saturated carbocycles. The van der Waals surface area contributed by atoms with Crippen molar-refractivity contribution in [3.63, 3.8) is 0 Å². The van der Waals surface area contributed by atoms with Gasteiger partial charge >= 0.3 is 0 Å². The number of aryl methyl sites for hydroxylation is 1. The van der Waals surface area contributed by atoms with E-state index in [9.17, 15) is 8.78 Å². The molecule has 1 aromatic rings. The minimum Gasteiger partial charge on any atom is -0.316 e. The molecule has 0 aliphatic carbocycles. The van der Waals surface area contributed by atoms with Crippen LogP contribution in [0.25, 0.3) is 0 Å². The minimum atomic E-state index is -0.507. The Morgan fingerprint density at radius 1 is 1.11 bits per heavy atom. The third-order valence-corrected chi connectivity index (χ3v) is 3.29. The number of rotatable bonds is 8. The van der Waals surface area contributed by atoms with Gasteiger partial charge in [-0.1, -0.05) is 26.8 Å². The Balaban J connectivity index is 2.24. The Morgan fingerprint density at radius 2 is 1.84 bits per heavy atom. The number of benzene rings is 1. The van der Waals surface area contributed by atoms with E-state index in [2.05, 4.69) is 26.1 Å². The lowest BCUT2D eigenvalue weighted by Gasteiger charge is -2.13. The topological polar surface area (TPSA) is 12.0 Å². The van der Waals surface area contributed by atoms with Crippen molar-refractivity contribution in [2.24, 2.45) is 11.8 Å². The highest BCUT2D eigenvalue weighted by molar-refractivity contribution is 5.18. The van der Waals surface area contributed by atoms with Crippen LogP contribution >= 0.6 is 0 Å². The first kappa shape index (κ1) is 16.1. The van der Waals surface area contributed by atoms with Gasteiger partial charge in [-0.15, -0.1) is 0 Å². The quantitative estimate of drug-likeness (QED) is 0.698. The molecule has 0 saturated heterocycles. The van der Waals surface area contributed by atoms with Crippen molar-refractivity contribution in [2.75, 3.05) is 13.1 Å². The van der Waals surface area contributed by atoms with Gasteiger partial charge < -0.3 is 5.32 Å². The van der Waals surface area contributed by atoms with E-state index in [1.54, 1.807) is 6.07 Å². The predicted octanol–water partition coefficient (Wildman–Crippen LogP) is 4.17. The third kappa shape index (κ3) is 6.67. The molecule has 0 aliphatic rings. The Kier molecular flexibility index (Phi) is 7.00. The van der Waals surface area contributed by atoms with Crippen molar-refractivity contribution < 1.29 is 8.78 Å². The van der Waals surface area contributed by atoms with Gasteiger partial charge in [-0.05, 0) is 55.8 Å². The van der Waals surface area contributed by atoms with Gasteiger partial charge in [-0.2, -0.15) is 0 Å². The van der Waals surface area contributed by atoms with Crippen LogP contribution in [-0.2, 0) is 6.42 Å². The molecule has 0 spiro atoms. The van der Waals surface area contributed by atoms with Crippen molar-refractivity contribution in [3.05, 3.63) is 35.4 Å². The molecule has 3 heteroatoms. The summed E-state index contributed by atoms with van der Waals surface area (Å²) < 4.78 is 26.2. The fourth-order valence-electron chi connectivity index (χ4n) is 2.01. The molecule has 1 nitrogen and oxygen atoms in total. The Hall–Kier alpha value is -0.960. The first-order chi connectivity index (χ1) is 8.99. The summed E-state index contributed by atoms with van der Waals surface area (Å²) in [6.45, 7) is 8.60. The first-order valence-corrected chi connectivity index (χ1v) is 7.13. The Labute approximate surface area is 115 Å². The fraction of sp³-hybridized carbons (Fsp3) is 0.625. The highest BCUT2D eigenvalue weighted by Gasteiger charge is 2.07. The lowest BCUT2D eigenvalue weighted by molar-refractivity contribution is 0.450. The van der Waals surface area contributed by atoms with Gasteiger partial charge in [0.15, 0.2) is 0 Å². The van der Waals surface area contributed by atoms with E-state index in [1.165, 1.54) is 6.07 Å². The van der Waals surface area contributed by atoms with Crippen LogP contribution in [0.15, 0.2) is 18.2 Å². The highest BCUT2D eigenvalue weighted by atomic mass is 19.1. The SMILES string of the molecule is CC(C)CNCCC(C)CCc1ccc(F)cc1F. The molecule has 0 aromatic heterocycles. The van der Waals surface area contributed by atoms with Crippen LogP contribution in [0.3, 0.4) is 0 Å². The van der Waals surface area contributed by atoms with Crippen molar-refractivity contribution in [3.8, 4) is 0 Å². The normalized spacial score (nSPS) is 12.9. The second kappa shape index (κ2) is 8.26. The molecule has 0 radical (unpaired) electrons. The standard InChI is InChI=1S/C16H25F2N/c1-12(2)11-19-9-8-13(3)4-5-14-6-7-15(17)10-16(14)18/h6-7,10,12-13,19H,4-5,8-9,11H2,1-3H3. The largest absolute Gasteiger partial charge is 0.316 e. The molecule has 0 aliphatic heterocycles. The van der Waals surface area contributed by atoms with E-state index in [0.717, 1.165) is 32.0 Å². The second-order valence-electron chi connectivity index (χ2n) is 5.77. The van der Waals surface area contributed by atoms with Gasteiger partial charge in [0.25, 0.3) is 0 Å². The monoisotopic (exact) mass is 269 g/mol. The Morgan fingerprint density at radius 3 is 2.47 bits per heavy atom. The maximum atomic E-state index is 13.4. The van der Waals surface area contributed by atoms with E-state index in [1.807, 2.05) is 0 Å². The zero-order valence-corrected chi connectivity index (χ0v) is 12.2. The van der Waals surface area contributed by atoms with Crippen LogP contribution in [0.5, 0.6) is 0 Å². The molecule has 108 valence electrons. The summed E-state index contributed by atoms with van der Waals surface area (Å²) in [6, 6.07) is 3.84. The van der Waals surface area contributed by atoms with Crippen LogP contribution in [0.4, 0.5) is 8.78 Å². The van der Waals surface area contributed by atoms with Crippen LogP contribution in [0.1, 0.15) is 39.2 Å². The molecule has 0 fully saturated rings. The molecular weight excluding hydrogens is 244 g/mol. The van der Waals surface area contributed by atoms with Gasteiger partial charge in [0.1, 0.15) is 11.6 Å². The minimum absolute atomic E-state index is 0.426. The van der Waals surface area contributed by atoms with Crippen LogP contribution in [0.2, 0.25) is 0 Å². The molecule has 1 atom stereocenters. The van der Waals surface area contributed by atoms with Crippen LogP contribution in [0, 0.1) is 23.5 Å². The zero-order chi connectivity index (χ0) is 14.3. The lowest BCUT2D eigenvalue weighted by Crippen LogP contribution is -2.22. The van der Waals surface area contributed by atoms with Gasteiger partial charge in [-0.3, -0.25) is 0 Å². The number of nitrogens with one attached hydrogen (secondary N) is 1. The summed E-state index contributed by atoms with van der Waals surface area (Å²) in [5.74, 6) is 0.282. The zero-order valence-electron chi connectivity index (χ0n) is 12.2.